The SMILES string of the molecule is CCCCCCCCCCCCCCC[N+]1([O-])CCOCC1. The van der Waals surface area contributed by atoms with Gasteiger partial charge in [-0.2, -0.15) is 0 Å². The van der Waals surface area contributed by atoms with Crippen LogP contribution in [0.5, 0.6) is 0 Å². The number of unbranched alkanes of at least 4 members (excludes halogenated alkanes) is 12. The maximum absolute atomic E-state index is 12.3. The molecule has 1 aliphatic rings. The van der Waals surface area contributed by atoms with Crippen LogP contribution in [0.2, 0.25) is 0 Å². The van der Waals surface area contributed by atoms with Gasteiger partial charge in [0.2, 0.25) is 0 Å². The van der Waals surface area contributed by atoms with Gasteiger partial charge in [-0.25, -0.2) is 0 Å². The first-order chi connectivity index (χ1) is 10.8. The highest BCUT2D eigenvalue weighted by Crippen LogP contribution is 2.15. The fraction of sp³-hybridized carbons (Fsp3) is 1.00. The van der Waals surface area contributed by atoms with E-state index in [0.29, 0.717) is 26.3 Å². The van der Waals surface area contributed by atoms with E-state index < -0.39 is 0 Å². The van der Waals surface area contributed by atoms with E-state index in [9.17, 15) is 5.21 Å². The van der Waals surface area contributed by atoms with Crippen molar-refractivity contribution in [3.63, 3.8) is 0 Å². The van der Waals surface area contributed by atoms with E-state index in [1.165, 1.54) is 77.0 Å². The van der Waals surface area contributed by atoms with Crippen LogP contribution < -0.4 is 0 Å². The van der Waals surface area contributed by atoms with E-state index in [-0.39, 0.29) is 4.65 Å². The molecule has 0 aliphatic carbocycles. The van der Waals surface area contributed by atoms with E-state index in [1.54, 1.807) is 0 Å². The van der Waals surface area contributed by atoms with Crippen LogP contribution in [0.15, 0.2) is 0 Å². The maximum Gasteiger partial charge on any atom is 0.102 e. The van der Waals surface area contributed by atoms with Crippen molar-refractivity contribution in [2.45, 2.75) is 90.4 Å². The van der Waals surface area contributed by atoms with E-state index in [1.807, 2.05) is 0 Å². The quantitative estimate of drug-likeness (QED) is 0.243. The van der Waals surface area contributed by atoms with Gasteiger partial charge in [0.15, 0.2) is 0 Å². The summed E-state index contributed by atoms with van der Waals surface area (Å²) in [5, 5.41) is 12.3. The highest BCUT2D eigenvalue weighted by atomic mass is 16.6. The summed E-state index contributed by atoms with van der Waals surface area (Å²) in [6.45, 7) is 5.72. The van der Waals surface area contributed by atoms with Crippen LogP contribution in [0.3, 0.4) is 0 Å². The molecule has 0 bridgehead atoms. The second kappa shape index (κ2) is 13.3. The summed E-state index contributed by atoms with van der Waals surface area (Å²) in [6.07, 6.45) is 17.7. The van der Waals surface area contributed by atoms with Gasteiger partial charge in [0.1, 0.15) is 13.1 Å². The summed E-state index contributed by atoms with van der Waals surface area (Å²) in [7, 11) is 0. The molecular formula is C19H39NO2. The molecule has 22 heavy (non-hydrogen) atoms. The second-order valence-corrected chi connectivity index (χ2v) is 7.08. The molecule has 1 fully saturated rings. The van der Waals surface area contributed by atoms with Gasteiger partial charge in [0.25, 0.3) is 0 Å². The maximum atomic E-state index is 12.3. The molecule has 3 nitrogen and oxygen atoms in total. The summed E-state index contributed by atoms with van der Waals surface area (Å²) >= 11 is 0. The van der Waals surface area contributed by atoms with Gasteiger partial charge >= 0.3 is 0 Å². The van der Waals surface area contributed by atoms with Gasteiger partial charge in [-0.05, 0) is 12.8 Å². The van der Waals surface area contributed by atoms with Crippen LogP contribution in [0.1, 0.15) is 90.4 Å². The van der Waals surface area contributed by atoms with Crippen LogP contribution in [0.25, 0.3) is 0 Å². The van der Waals surface area contributed by atoms with E-state index in [4.69, 9.17) is 4.74 Å². The zero-order valence-electron chi connectivity index (χ0n) is 15.0. The molecule has 0 spiro atoms. The Morgan fingerprint density at radius 1 is 0.682 bits per heavy atom. The summed E-state index contributed by atoms with van der Waals surface area (Å²) in [4.78, 5) is 0. The van der Waals surface area contributed by atoms with E-state index >= 15 is 0 Å². The molecule has 0 aromatic heterocycles. The zero-order chi connectivity index (χ0) is 15.9. The molecule has 0 atom stereocenters. The lowest BCUT2D eigenvalue weighted by Gasteiger charge is -2.45. The first-order valence-corrected chi connectivity index (χ1v) is 9.92. The predicted octanol–water partition coefficient (Wildman–Crippen LogP) is 5.42. The number of hydroxylamine groups is 3. The van der Waals surface area contributed by atoms with Crippen molar-refractivity contribution < 1.29 is 9.38 Å². The summed E-state index contributed by atoms with van der Waals surface area (Å²) in [5.41, 5.74) is 0. The smallest absolute Gasteiger partial charge is 0.102 e. The number of quaternary nitrogens is 1. The second-order valence-electron chi connectivity index (χ2n) is 7.08. The lowest BCUT2D eigenvalue weighted by Crippen LogP contribution is -2.50. The van der Waals surface area contributed by atoms with Gasteiger partial charge in [-0.1, -0.05) is 77.6 Å². The molecule has 1 heterocycles. The molecule has 0 saturated carbocycles. The van der Waals surface area contributed by atoms with E-state index in [0.717, 1.165) is 13.0 Å². The average Bonchev–Trinajstić information content (AvgIpc) is 2.52. The zero-order valence-corrected chi connectivity index (χ0v) is 15.0. The monoisotopic (exact) mass is 313 g/mol. The van der Waals surface area contributed by atoms with Crippen molar-refractivity contribution in [2.24, 2.45) is 0 Å². The minimum atomic E-state index is -0.00195. The summed E-state index contributed by atoms with van der Waals surface area (Å²) in [6, 6.07) is 0. The molecule has 3 heteroatoms. The fourth-order valence-electron chi connectivity index (χ4n) is 3.32. The van der Waals surface area contributed by atoms with Crippen molar-refractivity contribution in [1.29, 1.82) is 0 Å². The highest BCUT2D eigenvalue weighted by molar-refractivity contribution is 4.53. The average molecular weight is 314 g/mol. The van der Waals surface area contributed by atoms with Crippen LogP contribution in [0.4, 0.5) is 0 Å². The largest absolute Gasteiger partial charge is 0.633 e. The minimum Gasteiger partial charge on any atom is -0.633 e. The molecule has 0 unspecified atom stereocenters. The number of nitrogens with zero attached hydrogens (tertiary/aromatic N) is 1. The summed E-state index contributed by atoms with van der Waals surface area (Å²) in [5.74, 6) is 0. The Balaban J connectivity index is 1.76. The third-order valence-corrected chi connectivity index (χ3v) is 4.96. The third-order valence-electron chi connectivity index (χ3n) is 4.96. The lowest BCUT2D eigenvalue weighted by molar-refractivity contribution is -0.888. The molecule has 1 saturated heterocycles. The van der Waals surface area contributed by atoms with Crippen LogP contribution in [0, 0.1) is 5.21 Å². The molecule has 1 rings (SSSR count). The Bertz CT molecular complexity index is 240. The molecule has 0 N–H and O–H groups in total. The number of hydrogen-bond acceptors (Lipinski definition) is 2. The minimum absolute atomic E-state index is 0.00195. The van der Waals surface area contributed by atoms with Crippen molar-refractivity contribution >= 4 is 0 Å². The standard InChI is InChI=1S/C19H39NO2/c1-2-3-4-5-6-7-8-9-10-11-12-13-14-15-20(21)16-18-22-19-17-20/h2-19H2,1H3. The van der Waals surface area contributed by atoms with E-state index in [2.05, 4.69) is 6.92 Å². The van der Waals surface area contributed by atoms with Crippen LogP contribution in [-0.4, -0.2) is 37.5 Å². The molecule has 1 aliphatic heterocycles. The first-order valence-electron chi connectivity index (χ1n) is 9.92. The topological polar surface area (TPSA) is 32.3 Å². The Hall–Kier alpha value is -0.120. The predicted molar refractivity (Wildman–Crippen MR) is 94.7 cm³/mol. The number of hydrogen-bond donors (Lipinski definition) is 0. The Labute approximate surface area is 138 Å². The van der Waals surface area contributed by atoms with Gasteiger partial charge in [-0.15, -0.1) is 0 Å². The number of rotatable bonds is 14. The van der Waals surface area contributed by atoms with Crippen molar-refractivity contribution in [2.75, 3.05) is 32.8 Å². The Morgan fingerprint density at radius 2 is 1.09 bits per heavy atom. The molecule has 0 aromatic carbocycles. The molecular weight excluding hydrogens is 274 g/mol. The molecule has 132 valence electrons. The van der Waals surface area contributed by atoms with Gasteiger partial charge in [-0.3, -0.25) is 0 Å². The van der Waals surface area contributed by atoms with Gasteiger partial charge in [0.05, 0.1) is 19.8 Å². The summed E-state index contributed by atoms with van der Waals surface area (Å²) < 4.78 is 5.27. The highest BCUT2D eigenvalue weighted by Gasteiger charge is 2.20. The third kappa shape index (κ3) is 10.6. The van der Waals surface area contributed by atoms with Gasteiger partial charge in [0, 0.05) is 0 Å². The molecule has 0 radical (unpaired) electrons. The van der Waals surface area contributed by atoms with Crippen molar-refractivity contribution in [1.82, 2.24) is 0 Å². The lowest BCUT2D eigenvalue weighted by atomic mass is 10.0. The molecule has 0 aromatic rings. The Kier molecular flexibility index (Phi) is 12.1. The molecule has 0 amide bonds. The van der Waals surface area contributed by atoms with Crippen LogP contribution >= 0.6 is 0 Å². The van der Waals surface area contributed by atoms with Crippen LogP contribution in [-0.2, 0) is 4.74 Å². The van der Waals surface area contributed by atoms with Crippen molar-refractivity contribution in [3.05, 3.63) is 5.21 Å². The fourth-order valence-corrected chi connectivity index (χ4v) is 3.32. The number of ether oxygens (including phenoxy) is 1. The normalized spacial score (nSPS) is 17.7. The number of morpholine rings is 1. The van der Waals surface area contributed by atoms with Gasteiger partial charge < -0.3 is 14.6 Å². The van der Waals surface area contributed by atoms with Crippen molar-refractivity contribution in [3.8, 4) is 0 Å². The Morgan fingerprint density at radius 3 is 1.55 bits per heavy atom. The first kappa shape index (κ1) is 19.9.